The van der Waals surface area contributed by atoms with Gasteiger partial charge in [-0.3, -0.25) is 9.59 Å². The van der Waals surface area contributed by atoms with Gasteiger partial charge in [0, 0.05) is 18.7 Å². The minimum atomic E-state index is -0.785. The van der Waals surface area contributed by atoms with Gasteiger partial charge in [-0.25, -0.2) is 0 Å². The van der Waals surface area contributed by atoms with E-state index in [0.717, 1.165) is 0 Å². The van der Waals surface area contributed by atoms with Gasteiger partial charge in [0.2, 0.25) is 0 Å². The molecule has 3 aromatic carbocycles. The van der Waals surface area contributed by atoms with Crippen molar-refractivity contribution in [2.45, 2.75) is 6.04 Å². The molecule has 3 aromatic rings. The Balaban J connectivity index is 1.58. The van der Waals surface area contributed by atoms with Crippen molar-refractivity contribution < 1.29 is 28.9 Å². The van der Waals surface area contributed by atoms with Gasteiger partial charge < -0.3 is 29.1 Å². The first kappa shape index (κ1) is 24.4. The van der Waals surface area contributed by atoms with Crippen LogP contribution >= 0.6 is 0 Å². The number of likely N-dealkylation sites (N-methyl/N-ethyl adjacent to an activating group) is 1. The van der Waals surface area contributed by atoms with Crippen LogP contribution in [-0.2, 0) is 9.59 Å². The minimum Gasteiger partial charge on any atom is -0.507 e. The molecule has 1 N–H and O–H groups in total. The fourth-order valence-corrected chi connectivity index (χ4v) is 4.48. The molecular weight excluding hydrogens is 472 g/mol. The zero-order valence-corrected chi connectivity index (χ0v) is 20.7. The van der Waals surface area contributed by atoms with Crippen LogP contribution < -0.4 is 14.2 Å². The van der Waals surface area contributed by atoms with Gasteiger partial charge >= 0.3 is 0 Å². The fraction of sp³-hybridized carbons (Fsp3) is 0.241. The Hall–Kier alpha value is -4.30. The molecule has 1 unspecified atom stereocenters. The van der Waals surface area contributed by atoms with Crippen molar-refractivity contribution in [3.8, 4) is 23.0 Å². The SMILES string of the molecule is CN(C)CCN1C(=O)C(=O)/C(=C(\O)c2ccc3c(c2)OCCO3)C1c1cccc(Oc2ccccc2)c1. The summed E-state index contributed by atoms with van der Waals surface area (Å²) in [6.45, 7) is 1.69. The normalized spacial score (nSPS) is 18.4. The highest BCUT2D eigenvalue weighted by Gasteiger charge is 2.46. The Morgan fingerprint density at radius 1 is 0.946 bits per heavy atom. The number of aliphatic hydroxyl groups excluding tert-OH is 1. The number of aliphatic hydroxyl groups is 1. The van der Waals surface area contributed by atoms with Gasteiger partial charge in [0.25, 0.3) is 11.7 Å². The maximum absolute atomic E-state index is 13.3. The van der Waals surface area contributed by atoms with Gasteiger partial charge in [-0.2, -0.15) is 0 Å². The van der Waals surface area contributed by atoms with E-state index in [-0.39, 0.29) is 11.3 Å². The van der Waals surface area contributed by atoms with E-state index in [1.165, 1.54) is 4.90 Å². The highest BCUT2D eigenvalue weighted by molar-refractivity contribution is 6.46. The van der Waals surface area contributed by atoms with Crippen molar-refractivity contribution in [2.24, 2.45) is 0 Å². The first-order valence-corrected chi connectivity index (χ1v) is 12.1. The van der Waals surface area contributed by atoms with Crippen molar-refractivity contribution >= 4 is 17.4 Å². The van der Waals surface area contributed by atoms with E-state index in [4.69, 9.17) is 14.2 Å². The summed E-state index contributed by atoms with van der Waals surface area (Å²) in [7, 11) is 3.80. The number of likely N-dealkylation sites (tertiary alicyclic amines) is 1. The number of hydrogen-bond donors (Lipinski definition) is 1. The molecule has 1 amide bonds. The number of fused-ring (bicyclic) bond motifs is 1. The fourth-order valence-electron chi connectivity index (χ4n) is 4.48. The quantitative estimate of drug-likeness (QED) is 0.295. The summed E-state index contributed by atoms with van der Waals surface area (Å²) >= 11 is 0. The number of amides is 1. The first-order chi connectivity index (χ1) is 17.9. The zero-order valence-electron chi connectivity index (χ0n) is 20.7. The van der Waals surface area contributed by atoms with E-state index in [2.05, 4.69) is 0 Å². The molecule has 0 spiro atoms. The molecule has 190 valence electrons. The smallest absolute Gasteiger partial charge is 0.295 e. The largest absolute Gasteiger partial charge is 0.507 e. The standard InChI is InChI=1S/C29H28N2O6/c1-30(2)13-14-31-26(19-7-6-10-22(17-19)37-21-8-4-3-5-9-21)25(28(33)29(31)34)27(32)20-11-12-23-24(18-20)36-16-15-35-23/h3-12,17-18,26,32H,13-16H2,1-2H3/b27-25-. The van der Waals surface area contributed by atoms with Crippen LogP contribution in [0.3, 0.4) is 0 Å². The number of ether oxygens (including phenoxy) is 3. The summed E-state index contributed by atoms with van der Waals surface area (Å²) in [5.41, 5.74) is 1.05. The summed E-state index contributed by atoms with van der Waals surface area (Å²) in [6, 6.07) is 20.8. The Bertz CT molecular complexity index is 1350. The van der Waals surface area contributed by atoms with Crippen LogP contribution in [0.4, 0.5) is 0 Å². The average molecular weight is 501 g/mol. The highest BCUT2D eigenvalue weighted by atomic mass is 16.6. The molecule has 8 heteroatoms. The van der Waals surface area contributed by atoms with E-state index in [9.17, 15) is 14.7 Å². The van der Waals surface area contributed by atoms with Gasteiger partial charge in [0.05, 0.1) is 11.6 Å². The lowest BCUT2D eigenvalue weighted by Crippen LogP contribution is -2.35. The lowest BCUT2D eigenvalue weighted by Gasteiger charge is -2.27. The predicted octanol–water partition coefficient (Wildman–Crippen LogP) is 4.23. The molecule has 2 aliphatic rings. The molecular formula is C29H28N2O6. The Labute approximate surface area is 215 Å². The minimum absolute atomic E-state index is 0.0253. The maximum atomic E-state index is 13.3. The zero-order chi connectivity index (χ0) is 25.9. The molecule has 0 radical (unpaired) electrons. The Kier molecular flexibility index (Phi) is 6.83. The van der Waals surface area contributed by atoms with Gasteiger partial charge in [-0.1, -0.05) is 30.3 Å². The number of para-hydroxylation sites is 1. The van der Waals surface area contributed by atoms with Crippen molar-refractivity contribution in [1.82, 2.24) is 9.80 Å². The third-order valence-corrected chi connectivity index (χ3v) is 6.30. The van der Waals surface area contributed by atoms with Gasteiger partial charge in [-0.15, -0.1) is 0 Å². The van der Waals surface area contributed by atoms with Crippen LogP contribution in [0.25, 0.3) is 5.76 Å². The van der Waals surface area contributed by atoms with E-state index >= 15 is 0 Å². The average Bonchev–Trinajstić information content (AvgIpc) is 3.17. The molecule has 0 aromatic heterocycles. The van der Waals surface area contributed by atoms with Crippen LogP contribution in [0.15, 0.2) is 78.4 Å². The van der Waals surface area contributed by atoms with Crippen LogP contribution in [-0.4, -0.2) is 67.0 Å². The molecule has 2 aliphatic heterocycles. The molecule has 37 heavy (non-hydrogen) atoms. The number of ketones is 1. The summed E-state index contributed by atoms with van der Waals surface area (Å²) in [4.78, 5) is 30.0. The summed E-state index contributed by atoms with van der Waals surface area (Å²) in [6.07, 6.45) is 0. The summed E-state index contributed by atoms with van der Waals surface area (Å²) in [5, 5.41) is 11.4. The topological polar surface area (TPSA) is 88.5 Å². The molecule has 5 rings (SSSR count). The highest BCUT2D eigenvalue weighted by Crippen LogP contribution is 2.42. The molecule has 1 saturated heterocycles. The molecule has 1 fully saturated rings. The number of nitrogens with zero attached hydrogens (tertiary/aromatic N) is 2. The molecule has 0 saturated carbocycles. The van der Waals surface area contributed by atoms with Gasteiger partial charge in [0.1, 0.15) is 30.5 Å². The number of carbonyl (C=O) groups is 2. The molecule has 2 heterocycles. The first-order valence-electron chi connectivity index (χ1n) is 12.1. The lowest BCUT2D eigenvalue weighted by molar-refractivity contribution is -0.140. The third kappa shape index (κ3) is 5.01. The molecule has 0 aliphatic carbocycles. The molecule has 0 bridgehead atoms. The monoisotopic (exact) mass is 500 g/mol. The van der Waals surface area contributed by atoms with Crippen LogP contribution in [0.5, 0.6) is 23.0 Å². The van der Waals surface area contributed by atoms with E-state index < -0.39 is 17.7 Å². The number of Topliss-reactive ketones (excluding diaryl/α,β-unsaturated/α-hetero) is 1. The Morgan fingerprint density at radius 3 is 2.43 bits per heavy atom. The molecule has 1 atom stereocenters. The number of carbonyl (C=O) groups excluding carboxylic acids is 2. The van der Waals surface area contributed by atoms with Crippen LogP contribution in [0.2, 0.25) is 0 Å². The summed E-state index contributed by atoms with van der Waals surface area (Å²) < 4.78 is 17.2. The van der Waals surface area contributed by atoms with Crippen LogP contribution in [0.1, 0.15) is 17.2 Å². The maximum Gasteiger partial charge on any atom is 0.295 e. The Morgan fingerprint density at radius 2 is 1.68 bits per heavy atom. The predicted molar refractivity (Wildman–Crippen MR) is 138 cm³/mol. The number of rotatable bonds is 7. The number of hydrogen-bond acceptors (Lipinski definition) is 7. The van der Waals surface area contributed by atoms with Crippen molar-refractivity contribution in [3.63, 3.8) is 0 Å². The second kappa shape index (κ2) is 10.4. The van der Waals surface area contributed by atoms with Gasteiger partial charge in [-0.05, 0) is 62.1 Å². The molecule has 8 nitrogen and oxygen atoms in total. The van der Waals surface area contributed by atoms with Crippen LogP contribution in [0, 0.1) is 0 Å². The third-order valence-electron chi connectivity index (χ3n) is 6.30. The van der Waals surface area contributed by atoms with E-state index in [1.807, 2.05) is 67.5 Å². The van der Waals surface area contributed by atoms with E-state index in [0.29, 0.717) is 60.4 Å². The second-order valence-electron chi connectivity index (χ2n) is 9.14. The van der Waals surface area contributed by atoms with E-state index in [1.54, 1.807) is 24.3 Å². The lowest BCUT2D eigenvalue weighted by atomic mass is 9.95. The van der Waals surface area contributed by atoms with Crippen molar-refractivity contribution in [1.29, 1.82) is 0 Å². The van der Waals surface area contributed by atoms with Crippen molar-refractivity contribution in [2.75, 3.05) is 40.4 Å². The summed E-state index contributed by atoms with van der Waals surface area (Å²) in [5.74, 6) is 0.621. The van der Waals surface area contributed by atoms with Gasteiger partial charge in [0.15, 0.2) is 11.5 Å². The van der Waals surface area contributed by atoms with Crippen molar-refractivity contribution in [3.05, 3.63) is 89.5 Å². The number of benzene rings is 3. The second-order valence-corrected chi connectivity index (χ2v) is 9.14.